The molecule has 1 heterocycles. The van der Waals surface area contributed by atoms with Crippen LogP contribution in [0.2, 0.25) is 0 Å². The molecule has 5 heteroatoms. The summed E-state index contributed by atoms with van der Waals surface area (Å²) in [5.41, 5.74) is 2.78. The molecule has 1 aromatic heterocycles. The number of unbranched alkanes of at least 4 members (excludes halogenated alkanes) is 1. The molecule has 2 aromatic carbocycles. The Morgan fingerprint density at radius 1 is 1.18 bits per heavy atom. The summed E-state index contributed by atoms with van der Waals surface area (Å²) in [4.78, 5) is 11.4. The largest absolute Gasteiger partial charge is 0.478 e. The van der Waals surface area contributed by atoms with Gasteiger partial charge in [0, 0.05) is 28.7 Å². The summed E-state index contributed by atoms with van der Waals surface area (Å²) in [5, 5.41) is 10.3. The third-order valence-corrected chi connectivity index (χ3v) is 5.05. The van der Waals surface area contributed by atoms with Crippen molar-refractivity contribution in [1.82, 2.24) is 4.57 Å². The van der Waals surface area contributed by atoms with Gasteiger partial charge in [0.1, 0.15) is 11.6 Å². The molecule has 0 fully saturated rings. The second-order valence-electron chi connectivity index (χ2n) is 7.57. The molecule has 0 amide bonds. The summed E-state index contributed by atoms with van der Waals surface area (Å²) in [6.45, 7) is 8.16. The maximum atomic E-state index is 13.4. The van der Waals surface area contributed by atoms with Gasteiger partial charge in [-0.2, -0.15) is 0 Å². The van der Waals surface area contributed by atoms with E-state index in [0.717, 1.165) is 47.1 Å². The summed E-state index contributed by atoms with van der Waals surface area (Å²) < 4.78 is 21.4. The molecule has 0 bridgehead atoms. The lowest BCUT2D eigenvalue weighted by Crippen LogP contribution is -2.37. The standard InChI is InChI=1S/C23H26FNO3/c1-5-6-13-25-15(2)21(16-7-9-17(24)10-8-16)19-14-18(11-12-20(19)25)28-23(3,4)22(26)27/h7-12,14H,5-6,13H2,1-4H3,(H,26,27). The number of rotatable bonds is 7. The van der Waals surface area contributed by atoms with E-state index in [1.807, 2.05) is 18.2 Å². The van der Waals surface area contributed by atoms with E-state index in [-0.39, 0.29) is 5.82 Å². The number of carbonyl (C=O) groups is 1. The van der Waals surface area contributed by atoms with Crippen LogP contribution < -0.4 is 4.74 Å². The van der Waals surface area contributed by atoms with Gasteiger partial charge >= 0.3 is 5.97 Å². The van der Waals surface area contributed by atoms with Gasteiger partial charge in [-0.25, -0.2) is 9.18 Å². The molecule has 3 aromatic rings. The minimum Gasteiger partial charge on any atom is -0.478 e. The highest BCUT2D eigenvalue weighted by Crippen LogP contribution is 2.37. The molecule has 148 valence electrons. The number of hydrogen-bond donors (Lipinski definition) is 1. The fourth-order valence-electron chi connectivity index (χ4n) is 3.45. The van der Waals surface area contributed by atoms with Gasteiger partial charge in [-0.15, -0.1) is 0 Å². The molecule has 1 N–H and O–H groups in total. The molecule has 0 aliphatic rings. The van der Waals surface area contributed by atoms with Gasteiger partial charge in [-0.1, -0.05) is 25.5 Å². The van der Waals surface area contributed by atoms with Crippen LogP contribution in [-0.2, 0) is 11.3 Å². The third kappa shape index (κ3) is 3.75. The molecule has 0 radical (unpaired) electrons. The number of fused-ring (bicyclic) bond motifs is 1. The first-order valence-electron chi connectivity index (χ1n) is 9.55. The van der Waals surface area contributed by atoms with Gasteiger partial charge in [0.2, 0.25) is 0 Å². The lowest BCUT2D eigenvalue weighted by molar-refractivity contribution is -0.152. The SMILES string of the molecule is CCCCn1c(C)c(-c2ccc(F)cc2)c2cc(OC(C)(C)C(=O)O)ccc21. The number of nitrogens with zero attached hydrogens (tertiary/aromatic N) is 1. The minimum atomic E-state index is -1.33. The summed E-state index contributed by atoms with van der Waals surface area (Å²) in [6, 6.07) is 12.1. The molecule has 0 saturated carbocycles. The topological polar surface area (TPSA) is 51.5 Å². The molecule has 0 spiro atoms. The smallest absolute Gasteiger partial charge is 0.347 e. The Hall–Kier alpha value is -2.82. The molecule has 0 saturated heterocycles. The second kappa shape index (κ2) is 7.66. The summed E-state index contributed by atoms with van der Waals surface area (Å²) in [7, 11) is 0. The highest BCUT2D eigenvalue weighted by molar-refractivity contribution is 5.99. The molecule has 3 rings (SSSR count). The van der Waals surface area contributed by atoms with Gasteiger partial charge < -0.3 is 14.4 Å². The summed E-state index contributed by atoms with van der Waals surface area (Å²) in [5.74, 6) is -0.803. The van der Waals surface area contributed by atoms with E-state index in [1.54, 1.807) is 12.1 Å². The normalized spacial score (nSPS) is 11.8. The van der Waals surface area contributed by atoms with Gasteiger partial charge in [-0.3, -0.25) is 0 Å². The van der Waals surface area contributed by atoms with E-state index < -0.39 is 11.6 Å². The van der Waals surface area contributed by atoms with Gasteiger partial charge in [0.05, 0.1) is 0 Å². The van der Waals surface area contributed by atoms with Crippen molar-refractivity contribution in [1.29, 1.82) is 0 Å². The summed E-state index contributed by atoms with van der Waals surface area (Å²) in [6.07, 6.45) is 2.14. The van der Waals surface area contributed by atoms with Gasteiger partial charge in [-0.05, 0) is 63.1 Å². The van der Waals surface area contributed by atoms with Crippen molar-refractivity contribution in [2.45, 2.75) is 52.7 Å². The van der Waals surface area contributed by atoms with Crippen LogP contribution in [0.1, 0.15) is 39.3 Å². The zero-order valence-corrected chi connectivity index (χ0v) is 16.8. The Morgan fingerprint density at radius 2 is 1.86 bits per heavy atom. The molecule has 28 heavy (non-hydrogen) atoms. The number of aryl methyl sites for hydroxylation is 1. The Bertz CT molecular complexity index is 1000. The third-order valence-electron chi connectivity index (χ3n) is 5.05. The van der Waals surface area contributed by atoms with Crippen molar-refractivity contribution in [2.75, 3.05) is 0 Å². The van der Waals surface area contributed by atoms with Gasteiger partial charge in [0.25, 0.3) is 0 Å². The van der Waals surface area contributed by atoms with Crippen molar-refractivity contribution in [3.63, 3.8) is 0 Å². The zero-order chi connectivity index (χ0) is 20.5. The van der Waals surface area contributed by atoms with Crippen LogP contribution in [0.5, 0.6) is 5.75 Å². The lowest BCUT2D eigenvalue weighted by Gasteiger charge is -2.21. The summed E-state index contributed by atoms with van der Waals surface area (Å²) >= 11 is 0. The highest BCUT2D eigenvalue weighted by atomic mass is 19.1. The Balaban J connectivity index is 2.18. The van der Waals surface area contributed by atoms with Crippen molar-refractivity contribution in [3.8, 4) is 16.9 Å². The first-order chi connectivity index (χ1) is 13.2. The van der Waals surface area contributed by atoms with Crippen LogP contribution in [-0.4, -0.2) is 21.2 Å². The lowest BCUT2D eigenvalue weighted by atomic mass is 10.0. The molecule has 0 unspecified atom stereocenters. The van der Waals surface area contributed by atoms with Crippen LogP contribution in [0.15, 0.2) is 42.5 Å². The maximum absolute atomic E-state index is 13.4. The molecular formula is C23H26FNO3. The minimum absolute atomic E-state index is 0.275. The number of ether oxygens (including phenoxy) is 1. The van der Waals surface area contributed by atoms with E-state index in [4.69, 9.17) is 4.74 Å². The Labute approximate surface area is 164 Å². The van der Waals surface area contributed by atoms with E-state index in [0.29, 0.717) is 5.75 Å². The number of aromatic nitrogens is 1. The number of hydrogen-bond acceptors (Lipinski definition) is 2. The van der Waals surface area contributed by atoms with E-state index >= 15 is 0 Å². The highest BCUT2D eigenvalue weighted by Gasteiger charge is 2.29. The average Bonchev–Trinajstić information content (AvgIpc) is 2.91. The van der Waals surface area contributed by atoms with Crippen molar-refractivity contribution in [3.05, 3.63) is 54.0 Å². The quantitative estimate of drug-likeness (QED) is 0.561. The zero-order valence-electron chi connectivity index (χ0n) is 16.8. The Morgan fingerprint density at radius 3 is 2.46 bits per heavy atom. The monoisotopic (exact) mass is 383 g/mol. The first kappa shape index (κ1) is 19.9. The Kier molecular flexibility index (Phi) is 5.45. The van der Waals surface area contributed by atoms with E-state index in [1.165, 1.54) is 26.0 Å². The van der Waals surface area contributed by atoms with Crippen LogP contribution in [0.25, 0.3) is 22.0 Å². The predicted molar refractivity (Wildman–Crippen MR) is 109 cm³/mol. The molecule has 0 aliphatic heterocycles. The number of benzene rings is 2. The molecule has 0 aliphatic carbocycles. The molecule has 4 nitrogen and oxygen atoms in total. The van der Waals surface area contributed by atoms with Crippen LogP contribution in [0.3, 0.4) is 0 Å². The second-order valence-corrected chi connectivity index (χ2v) is 7.57. The number of halogens is 1. The van der Waals surface area contributed by atoms with Crippen molar-refractivity contribution in [2.24, 2.45) is 0 Å². The van der Waals surface area contributed by atoms with Crippen LogP contribution >= 0.6 is 0 Å². The fraction of sp³-hybridized carbons (Fsp3) is 0.348. The number of aliphatic carboxylic acids is 1. The van der Waals surface area contributed by atoms with Gasteiger partial charge in [0.15, 0.2) is 5.60 Å². The predicted octanol–water partition coefficient (Wildman–Crippen LogP) is 5.80. The molecular weight excluding hydrogens is 357 g/mol. The molecule has 0 atom stereocenters. The van der Waals surface area contributed by atoms with E-state index in [9.17, 15) is 14.3 Å². The number of carboxylic acids is 1. The maximum Gasteiger partial charge on any atom is 0.347 e. The van der Waals surface area contributed by atoms with Crippen molar-refractivity contribution < 1.29 is 19.0 Å². The van der Waals surface area contributed by atoms with Crippen molar-refractivity contribution >= 4 is 16.9 Å². The first-order valence-corrected chi connectivity index (χ1v) is 9.55. The number of carboxylic acid groups (broad SMARTS) is 1. The fourth-order valence-corrected chi connectivity index (χ4v) is 3.45. The van der Waals surface area contributed by atoms with Crippen LogP contribution in [0.4, 0.5) is 4.39 Å². The average molecular weight is 383 g/mol. The van der Waals surface area contributed by atoms with E-state index in [2.05, 4.69) is 18.4 Å². The van der Waals surface area contributed by atoms with Crippen LogP contribution in [0, 0.1) is 12.7 Å².